The van der Waals surface area contributed by atoms with Gasteiger partial charge in [-0.3, -0.25) is 5.32 Å². The molecule has 0 aromatic heterocycles. The minimum atomic E-state index is -0.461. The van der Waals surface area contributed by atoms with Gasteiger partial charge in [-0.2, -0.15) is 0 Å². The summed E-state index contributed by atoms with van der Waals surface area (Å²) in [6, 6.07) is 0. The van der Waals surface area contributed by atoms with Crippen molar-refractivity contribution in [2.75, 3.05) is 6.61 Å². The van der Waals surface area contributed by atoms with E-state index in [-0.39, 0.29) is 6.61 Å². The van der Waals surface area contributed by atoms with Crippen LogP contribution in [0.2, 0.25) is 0 Å². The Labute approximate surface area is 41.0 Å². The fourth-order valence-electron chi connectivity index (χ4n) is 0.347. The molecular weight excluding hydrogens is 94.0 g/mol. The molecule has 7 heavy (non-hydrogen) atoms. The SMILES string of the molecule is [CH]=C1COC(=O)N1. The zero-order chi connectivity index (χ0) is 5.28. The van der Waals surface area contributed by atoms with Crippen molar-refractivity contribution in [2.45, 2.75) is 0 Å². The van der Waals surface area contributed by atoms with Crippen LogP contribution in [0.3, 0.4) is 0 Å². The summed E-state index contributed by atoms with van der Waals surface area (Å²) in [7, 11) is 0. The van der Waals surface area contributed by atoms with Gasteiger partial charge in [0.1, 0.15) is 6.61 Å². The maximum atomic E-state index is 10.0. The van der Waals surface area contributed by atoms with Crippen molar-refractivity contribution < 1.29 is 9.53 Å². The van der Waals surface area contributed by atoms with E-state index in [9.17, 15) is 4.79 Å². The average molecular weight is 98.1 g/mol. The van der Waals surface area contributed by atoms with Crippen LogP contribution in [0.15, 0.2) is 5.70 Å². The summed E-state index contributed by atoms with van der Waals surface area (Å²) in [5.74, 6) is 0. The van der Waals surface area contributed by atoms with Gasteiger partial charge in [-0.15, -0.1) is 0 Å². The molecular formula is C4H4NO2. The second-order valence-electron chi connectivity index (χ2n) is 1.23. The number of rotatable bonds is 0. The fraction of sp³-hybridized carbons (Fsp3) is 0.250. The molecule has 1 heterocycles. The second-order valence-corrected chi connectivity index (χ2v) is 1.23. The Kier molecular flexibility index (Phi) is 0.749. The molecule has 1 fully saturated rings. The van der Waals surface area contributed by atoms with Crippen LogP contribution in [-0.4, -0.2) is 12.7 Å². The first kappa shape index (κ1) is 4.18. The molecule has 1 amide bonds. The molecule has 1 aliphatic rings. The van der Waals surface area contributed by atoms with E-state index in [0.717, 1.165) is 0 Å². The highest BCUT2D eigenvalue weighted by Gasteiger charge is 2.11. The molecule has 0 saturated carbocycles. The Morgan fingerprint density at radius 3 is 2.71 bits per heavy atom. The topological polar surface area (TPSA) is 38.3 Å². The summed E-state index contributed by atoms with van der Waals surface area (Å²) in [5.41, 5.74) is 0.380. The summed E-state index contributed by atoms with van der Waals surface area (Å²) in [6.07, 6.45) is -0.461. The first-order chi connectivity index (χ1) is 3.29. The normalized spacial score (nSPS) is 18.9. The van der Waals surface area contributed by atoms with E-state index in [0.29, 0.717) is 5.70 Å². The number of hydrogen-bond donors (Lipinski definition) is 1. The summed E-state index contributed by atoms with van der Waals surface area (Å²) in [4.78, 5) is 10.0. The van der Waals surface area contributed by atoms with Crippen LogP contribution in [0.25, 0.3) is 0 Å². The van der Waals surface area contributed by atoms with Gasteiger partial charge in [0.2, 0.25) is 0 Å². The lowest BCUT2D eigenvalue weighted by Crippen LogP contribution is -2.09. The molecule has 1 rings (SSSR count). The largest absolute Gasteiger partial charge is 0.443 e. The zero-order valence-electron chi connectivity index (χ0n) is 3.60. The van der Waals surface area contributed by atoms with Gasteiger partial charge in [0.15, 0.2) is 0 Å². The Morgan fingerprint density at radius 2 is 2.57 bits per heavy atom. The predicted molar refractivity (Wildman–Crippen MR) is 22.3 cm³/mol. The lowest BCUT2D eigenvalue weighted by molar-refractivity contribution is 0.179. The van der Waals surface area contributed by atoms with E-state index in [4.69, 9.17) is 6.58 Å². The van der Waals surface area contributed by atoms with Crippen molar-refractivity contribution in [1.29, 1.82) is 0 Å². The number of ether oxygens (including phenoxy) is 1. The van der Waals surface area contributed by atoms with Crippen molar-refractivity contribution in [1.82, 2.24) is 5.32 Å². The smallest absolute Gasteiger partial charge is 0.411 e. The lowest BCUT2D eigenvalue weighted by atomic mass is 10.6. The third-order valence-corrected chi connectivity index (χ3v) is 0.621. The highest BCUT2D eigenvalue weighted by atomic mass is 16.6. The molecule has 0 unspecified atom stereocenters. The molecule has 0 atom stereocenters. The number of carbonyl (C=O) groups excluding carboxylic acids is 1. The first-order valence-corrected chi connectivity index (χ1v) is 1.84. The van der Waals surface area contributed by atoms with Crippen LogP contribution in [0.5, 0.6) is 0 Å². The number of hydrogen-bond acceptors (Lipinski definition) is 2. The number of nitrogens with one attached hydrogen (secondary N) is 1. The predicted octanol–water partition coefficient (Wildman–Crippen LogP) is 0.0431. The quantitative estimate of drug-likeness (QED) is 0.464. The molecule has 1 aliphatic heterocycles. The van der Waals surface area contributed by atoms with Crippen LogP contribution >= 0.6 is 0 Å². The van der Waals surface area contributed by atoms with Crippen molar-refractivity contribution in [3.63, 3.8) is 0 Å². The Bertz CT molecular complexity index is 105. The lowest BCUT2D eigenvalue weighted by Gasteiger charge is -1.80. The minimum Gasteiger partial charge on any atom is -0.443 e. The molecule has 0 aromatic carbocycles. The monoisotopic (exact) mass is 98.0 g/mol. The van der Waals surface area contributed by atoms with Crippen LogP contribution in [0.1, 0.15) is 0 Å². The Hall–Kier alpha value is -0.990. The third-order valence-electron chi connectivity index (χ3n) is 0.621. The fourth-order valence-corrected chi connectivity index (χ4v) is 0.347. The van der Waals surface area contributed by atoms with Gasteiger partial charge < -0.3 is 4.74 Å². The standard InChI is InChI=1S/C4H4NO2/c1-3-2-7-4(6)5-3/h1H,2H2,(H,5,6). The van der Waals surface area contributed by atoms with Gasteiger partial charge in [0.05, 0.1) is 5.70 Å². The second kappa shape index (κ2) is 1.26. The van der Waals surface area contributed by atoms with E-state index in [1.165, 1.54) is 0 Å². The van der Waals surface area contributed by atoms with E-state index < -0.39 is 6.09 Å². The van der Waals surface area contributed by atoms with E-state index in [1.54, 1.807) is 0 Å². The molecule has 0 bridgehead atoms. The number of cyclic esters (lactones) is 1. The number of amides is 1. The highest BCUT2D eigenvalue weighted by Crippen LogP contribution is 1.95. The van der Waals surface area contributed by atoms with Gasteiger partial charge >= 0.3 is 6.09 Å². The van der Waals surface area contributed by atoms with E-state index >= 15 is 0 Å². The van der Waals surface area contributed by atoms with Gasteiger partial charge in [0, 0.05) is 0 Å². The molecule has 1 radical (unpaired) electrons. The van der Waals surface area contributed by atoms with Gasteiger partial charge in [-0.1, -0.05) is 0 Å². The highest BCUT2D eigenvalue weighted by molar-refractivity contribution is 5.71. The Morgan fingerprint density at radius 1 is 1.86 bits per heavy atom. The van der Waals surface area contributed by atoms with Gasteiger partial charge in [-0.25, -0.2) is 4.79 Å². The molecule has 3 heteroatoms. The molecule has 0 aromatic rings. The van der Waals surface area contributed by atoms with Gasteiger partial charge in [-0.05, 0) is 6.58 Å². The summed E-state index contributed by atoms with van der Waals surface area (Å²) in [5, 5.41) is 2.25. The molecule has 0 aliphatic carbocycles. The minimum absolute atomic E-state index is 0.207. The number of carbonyl (C=O) groups is 1. The maximum Gasteiger partial charge on any atom is 0.411 e. The maximum absolute atomic E-state index is 10.0. The summed E-state index contributed by atoms with van der Waals surface area (Å²) in [6.45, 7) is 5.29. The van der Waals surface area contributed by atoms with Crippen molar-refractivity contribution in [3.05, 3.63) is 12.3 Å². The van der Waals surface area contributed by atoms with E-state index in [2.05, 4.69) is 10.1 Å². The average Bonchev–Trinajstić information content (AvgIpc) is 1.87. The third kappa shape index (κ3) is 0.707. The van der Waals surface area contributed by atoms with Crippen LogP contribution in [0, 0.1) is 6.58 Å². The van der Waals surface area contributed by atoms with E-state index in [1.807, 2.05) is 0 Å². The van der Waals surface area contributed by atoms with Crippen molar-refractivity contribution in [2.24, 2.45) is 0 Å². The van der Waals surface area contributed by atoms with Gasteiger partial charge in [0.25, 0.3) is 0 Å². The molecule has 1 N–H and O–H groups in total. The van der Waals surface area contributed by atoms with Crippen molar-refractivity contribution in [3.8, 4) is 0 Å². The zero-order valence-corrected chi connectivity index (χ0v) is 3.60. The summed E-state index contributed by atoms with van der Waals surface area (Å²) >= 11 is 0. The molecule has 1 saturated heterocycles. The van der Waals surface area contributed by atoms with Crippen LogP contribution < -0.4 is 5.32 Å². The van der Waals surface area contributed by atoms with Crippen LogP contribution in [-0.2, 0) is 4.74 Å². The van der Waals surface area contributed by atoms with Crippen molar-refractivity contribution >= 4 is 6.09 Å². The molecule has 0 spiro atoms. The van der Waals surface area contributed by atoms with Crippen LogP contribution in [0.4, 0.5) is 4.79 Å². The Balaban J connectivity index is 2.55. The first-order valence-electron chi connectivity index (χ1n) is 1.84. The number of alkyl carbamates (subject to hydrolysis) is 1. The summed E-state index contributed by atoms with van der Waals surface area (Å²) < 4.78 is 4.35. The molecule has 37 valence electrons. The molecule has 3 nitrogen and oxygen atoms in total.